The Morgan fingerprint density at radius 1 is 1.56 bits per heavy atom. The predicted molar refractivity (Wildman–Crippen MR) is 59.4 cm³/mol. The van der Waals surface area contributed by atoms with E-state index in [-0.39, 0.29) is 24.8 Å². The molecule has 1 rings (SSSR count). The lowest BCUT2D eigenvalue weighted by Crippen LogP contribution is -2.27. The predicted octanol–water partition coefficient (Wildman–Crippen LogP) is 0.971. The molecule has 0 atom stereocenters. The summed E-state index contributed by atoms with van der Waals surface area (Å²) in [6.07, 6.45) is 1.79. The zero-order valence-electron chi connectivity index (χ0n) is 9.12. The van der Waals surface area contributed by atoms with Gasteiger partial charge in [-0.15, -0.1) is 0 Å². The molecule has 88 valence electrons. The van der Waals surface area contributed by atoms with Crippen molar-refractivity contribution in [1.82, 2.24) is 9.88 Å². The molecule has 0 fully saturated rings. The maximum atomic E-state index is 11.6. The largest absolute Gasteiger partial charge is 0.469 e. The van der Waals surface area contributed by atoms with Crippen LogP contribution in [0.2, 0.25) is 5.02 Å². The molecule has 5 nitrogen and oxygen atoms in total. The quantitative estimate of drug-likeness (QED) is 0.803. The Morgan fingerprint density at radius 3 is 2.75 bits per heavy atom. The molecule has 1 aromatic heterocycles. The van der Waals surface area contributed by atoms with Gasteiger partial charge in [0, 0.05) is 19.8 Å². The first-order valence-corrected chi connectivity index (χ1v) is 5.09. The standard InChI is InChI=1S/C10H13ClN2O3/c1-13-6-7(11)5-8(13)10(15)12-4-3-9(14)16-2/h5-6H,3-4H2,1-2H3,(H,12,15). The molecule has 0 aliphatic rings. The molecule has 0 aliphatic carbocycles. The molecule has 1 heterocycles. The highest BCUT2D eigenvalue weighted by Crippen LogP contribution is 2.12. The fourth-order valence-electron chi connectivity index (χ4n) is 1.22. The van der Waals surface area contributed by atoms with Crippen LogP contribution in [0.15, 0.2) is 12.3 Å². The second-order valence-electron chi connectivity index (χ2n) is 3.24. The average Bonchev–Trinajstić information content (AvgIpc) is 2.57. The second kappa shape index (κ2) is 5.55. The van der Waals surface area contributed by atoms with Gasteiger partial charge in [0.25, 0.3) is 5.91 Å². The van der Waals surface area contributed by atoms with Gasteiger partial charge in [-0.1, -0.05) is 11.6 Å². The van der Waals surface area contributed by atoms with Gasteiger partial charge in [-0.05, 0) is 6.07 Å². The van der Waals surface area contributed by atoms with Crippen molar-refractivity contribution in [3.05, 3.63) is 23.0 Å². The summed E-state index contributed by atoms with van der Waals surface area (Å²) in [4.78, 5) is 22.4. The van der Waals surface area contributed by atoms with Gasteiger partial charge in [0.2, 0.25) is 0 Å². The van der Waals surface area contributed by atoms with E-state index in [9.17, 15) is 9.59 Å². The van der Waals surface area contributed by atoms with Gasteiger partial charge in [-0.25, -0.2) is 0 Å². The van der Waals surface area contributed by atoms with E-state index in [1.165, 1.54) is 7.11 Å². The molecule has 16 heavy (non-hydrogen) atoms. The number of halogens is 1. The third-order valence-electron chi connectivity index (χ3n) is 2.05. The van der Waals surface area contributed by atoms with Crippen molar-refractivity contribution in [2.45, 2.75) is 6.42 Å². The molecule has 0 saturated heterocycles. The third kappa shape index (κ3) is 3.27. The monoisotopic (exact) mass is 244 g/mol. The molecule has 0 radical (unpaired) electrons. The van der Waals surface area contributed by atoms with Crippen LogP contribution < -0.4 is 5.32 Å². The van der Waals surface area contributed by atoms with Crippen LogP contribution in [0.3, 0.4) is 0 Å². The average molecular weight is 245 g/mol. The molecular formula is C10H13ClN2O3. The van der Waals surface area contributed by atoms with E-state index in [1.807, 2.05) is 0 Å². The number of amides is 1. The normalized spacial score (nSPS) is 9.94. The highest BCUT2D eigenvalue weighted by molar-refractivity contribution is 6.31. The van der Waals surface area contributed by atoms with Crippen LogP contribution in [0, 0.1) is 0 Å². The number of carbonyl (C=O) groups is 2. The van der Waals surface area contributed by atoms with Gasteiger partial charge in [-0.3, -0.25) is 9.59 Å². The number of rotatable bonds is 4. The van der Waals surface area contributed by atoms with Gasteiger partial charge in [0.15, 0.2) is 0 Å². The van der Waals surface area contributed by atoms with Crippen molar-refractivity contribution in [3.63, 3.8) is 0 Å². The Bertz CT molecular complexity index is 401. The summed E-state index contributed by atoms with van der Waals surface area (Å²) >= 11 is 5.74. The first kappa shape index (κ1) is 12.6. The topological polar surface area (TPSA) is 60.3 Å². The molecule has 1 amide bonds. The summed E-state index contributed by atoms with van der Waals surface area (Å²) in [5.41, 5.74) is 0.454. The first-order chi connectivity index (χ1) is 7.54. The highest BCUT2D eigenvalue weighted by Gasteiger charge is 2.11. The molecule has 0 aromatic carbocycles. The summed E-state index contributed by atoms with van der Waals surface area (Å²) in [5, 5.41) is 3.10. The SMILES string of the molecule is COC(=O)CCNC(=O)c1cc(Cl)cn1C. The van der Waals surface area contributed by atoms with E-state index in [0.29, 0.717) is 10.7 Å². The third-order valence-corrected chi connectivity index (χ3v) is 2.25. The Kier molecular flexibility index (Phi) is 4.37. The number of methoxy groups -OCH3 is 1. The van der Waals surface area contributed by atoms with Gasteiger partial charge in [0.1, 0.15) is 5.69 Å². The van der Waals surface area contributed by atoms with Crippen LogP contribution in [-0.2, 0) is 16.6 Å². The van der Waals surface area contributed by atoms with Crippen LogP contribution in [0.4, 0.5) is 0 Å². The molecule has 0 spiro atoms. The van der Waals surface area contributed by atoms with E-state index in [1.54, 1.807) is 23.9 Å². The molecule has 1 N–H and O–H groups in total. The molecule has 0 bridgehead atoms. The summed E-state index contributed by atoms with van der Waals surface area (Å²) < 4.78 is 6.07. The molecule has 6 heteroatoms. The number of nitrogens with zero attached hydrogens (tertiary/aromatic N) is 1. The molecule has 1 aromatic rings. The Morgan fingerprint density at radius 2 is 2.25 bits per heavy atom. The fourth-order valence-corrected chi connectivity index (χ4v) is 1.47. The van der Waals surface area contributed by atoms with E-state index in [4.69, 9.17) is 11.6 Å². The number of aryl methyl sites for hydroxylation is 1. The maximum Gasteiger partial charge on any atom is 0.307 e. The number of nitrogens with one attached hydrogen (secondary N) is 1. The lowest BCUT2D eigenvalue weighted by molar-refractivity contribution is -0.140. The van der Waals surface area contributed by atoms with Crippen LogP contribution in [0.25, 0.3) is 0 Å². The minimum Gasteiger partial charge on any atom is -0.469 e. The molecule has 0 unspecified atom stereocenters. The highest BCUT2D eigenvalue weighted by atomic mass is 35.5. The molecule has 0 saturated carbocycles. The number of aromatic nitrogens is 1. The van der Waals surface area contributed by atoms with Gasteiger partial charge in [-0.2, -0.15) is 0 Å². The zero-order chi connectivity index (χ0) is 12.1. The number of hydrogen-bond acceptors (Lipinski definition) is 3. The van der Waals surface area contributed by atoms with Crippen molar-refractivity contribution in [3.8, 4) is 0 Å². The molecule has 0 aliphatic heterocycles. The van der Waals surface area contributed by atoms with Crippen LogP contribution in [-0.4, -0.2) is 30.1 Å². The maximum absolute atomic E-state index is 11.6. The number of ether oxygens (including phenoxy) is 1. The molecular weight excluding hydrogens is 232 g/mol. The van der Waals surface area contributed by atoms with E-state index in [0.717, 1.165) is 0 Å². The van der Waals surface area contributed by atoms with E-state index in [2.05, 4.69) is 10.1 Å². The van der Waals surface area contributed by atoms with E-state index >= 15 is 0 Å². The Hall–Kier alpha value is -1.49. The van der Waals surface area contributed by atoms with Gasteiger partial charge >= 0.3 is 5.97 Å². The van der Waals surface area contributed by atoms with Crippen molar-refractivity contribution in [2.75, 3.05) is 13.7 Å². The van der Waals surface area contributed by atoms with Crippen LogP contribution in [0.1, 0.15) is 16.9 Å². The minimum absolute atomic E-state index is 0.153. The van der Waals surface area contributed by atoms with Crippen LogP contribution >= 0.6 is 11.6 Å². The van der Waals surface area contributed by atoms with Crippen molar-refractivity contribution in [2.24, 2.45) is 7.05 Å². The second-order valence-corrected chi connectivity index (χ2v) is 3.67. The van der Waals surface area contributed by atoms with Gasteiger partial charge < -0.3 is 14.6 Å². The van der Waals surface area contributed by atoms with Crippen molar-refractivity contribution in [1.29, 1.82) is 0 Å². The summed E-state index contributed by atoms with van der Waals surface area (Å²) in [5.74, 6) is -0.622. The van der Waals surface area contributed by atoms with E-state index < -0.39 is 0 Å². The first-order valence-electron chi connectivity index (χ1n) is 4.71. The summed E-state index contributed by atoms with van der Waals surface area (Å²) in [6.45, 7) is 0.244. The minimum atomic E-state index is -0.356. The number of carbonyl (C=O) groups excluding carboxylic acids is 2. The zero-order valence-corrected chi connectivity index (χ0v) is 9.87. The number of hydrogen-bond donors (Lipinski definition) is 1. The smallest absolute Gasteiger partial charge is 0.307 e. The summed E-state index contributed by atoms with van der Waals surface area (Å²) in [6, 6.07) is 1.56. The Balaban J connectivity index is 2.47. The van der Waals surface area contributed by atoms with Crippen molar-refractivity contribution >= 4 is 23.5 Å². The van der Waals surface area contributed by atoms with Crippen molar-refractivity contribution < 1.29 is 14.3 Å². The lowest BCUT2D eigenvalue weighted by atomic mass is 10.3. The number of esters is 1. The summed E-state index contributed by atoms with van der Waals surface area (Å²) in [7, 11) is 3.03. The lowest BCUT2D eigenvalue weighted by Gasteiger charge is -2.04. The van der Waals surface area contributed by atoms with Crippen LogP contribution in [0.5, 0.6) is 0 Å². The van der Waals surface area contributed by atoms with Gasteiger partial charge in [0.05, 0.1) is 18.6 Å². The fraction of sp³-hybridized carbons (Fsp3) is 0.400. The Labute approximate surface area is 98.3 Å².